The highest BCUT2D eigenvalue weighted by Crippen LogP contribution is 2.33. The Bertz CT molecular complexity index is 794. The first-order valence-electron chi connectivity index (χ1n) is 6.94. The Balaban J connectivity index is 2.59. The fraction of sp³-hybridized carbons (Fsp3) is 0.400. The van der Waals surface area contributed by atoms with Crippen LogP contribution in [0.4, 0.5) is 0 Å². The fourth-order valence-corrected chi connectivity index (χ4v) is 2.29. The monoisotopic (exact) mass is 357 g/mol. The molecule has 23 heavy (non-hydrogen) atoms. The number of hydrogen-bond acceptors (Lipinski definition) is 5. The van der Waals surface area contributed by atoms with Crippen molar-refractivity contribution in [2.45, 2.75) is 39.2 Å². The number of aromatic nitrogens is 2. The summed E-state index contributed by atoms with van der Waals surface area (Å²) in [6.07, 6.45) is 1.06. The Morgan fingerprint density at radius 3 is 2.57 bits per heavy atom. The molecule has 124 valence electrons. The van der Waals surface area contributed by atoms with Crippen LogP contribution in [0.5, 0.6) is 5.75 Å². The van der Waals surface area contributed by atoms with Crippen LogP contribution in [0.15, 0.2) is 21.3 Å². The molecule has 0 spiro atoms. The summed E-state index contributed by atoms with van der Waals surface area (Å²) in [5.41, 5.74) is -0.506. The molecule has 0 unspecified atom stereocenters. The van der Waals surface area contributed by atoms with E-state index in [9.17, 15) is 4.79 Å². The van der Waals surface area contributed by atoms with Gasteiger partial charge in [-0.25, -0.2) is 4.79 Å². The molecule has 0 aliphatic heterocycles. The average Bonchev–Trinajstić information content (AvgIpc) is 2.84. The van der Waals surface area contributed by atoms with Gasteiger partial charge in [0.2, 0.25) is 5.89 Å². The third-order valence-electron chi connectivity index (χ3n) is 3.05. The van der Waals surface area contributed by atoms with Crippen molar-refractivity contribution >= 4 is 29.4 Å². The van der Waals surface area contributed by atoms with E-state index < -0.39 is 11.2 Å². The third kappa shape index (κ3) is 3.59. The van der Waals surface area contributed by atoms with Gasteiger partial charge in [-0.1, -0.05) is 23.2 Å². The minimum absolute atomic E-state index is 0.0945. The van der Waals surface area contributed by atoms with Crippen LogP contribution in [0, 0.1) is 5.41 Å². The van der Waals surface area contributed by atoms with Gasteiger partial charge in [-0.15, -0.1) is 5.10 Å². The summed E-state index contributed by atoms with van der Waals surface area (Å²) in [5, 5.41) is 12.1. The molecular weight excluding hydrogens is 341 g/mol. The van der Waals surface area contributed by atoms with Crippen molar-refractivity contribution in [3.63, 3.8) is 0 Å². The standard InChI is InChI=1S/C15H17Cl2N3O3/c1-8(2)22-12-6-11(9(16)5-10(12)17)20-14(21)23-13(19-20)15(3,4)7-18/h5-8,18H,1-4H3. The van der Waals surface area contributed by atoms with Crippen molar-refractivity contribution in [1.29, 1.82) is 5.41 Å². The second-order valence-corrected chi connectivity index (χ2v) is 6.67. The molecule has 0 radical (unpaired) electrons. The van der Waals surface area contributed by atoms with Gasteiger partial charge in [-0.2, -0.15) is 4.68 Å². The molecule has 6 nitrogen and oxygen atoms in total. The molecule has 0 saturated carbocycles. The molecule has 1 N–H and O–H groups in total. The number of ether oxygens (including phenoxy) is 1. The first-order chi connectivity index (χ1) is 10.7. The van der Waals surface area contributed by atoms with Gasteiger partial charge in [-0.05, 0) is 33.8 Å². The highest BCUT2D eigenvalue weighted by atomic mass is 35.5. The van der Waals surface area contributed by atoms with E-state index >= 15 is 0 Å². The topological polar surface area (TPSA) is 81.1 Å². The van der Waals surface area contributed by atoms with E-state index in [2.05, 4.69) is 5.10 Å². The van der Waals surface area contributed by atoms with Crippen LogP contribution >= 0.6 is 23.2 Å². The maximum Gasteiger partial charge on any atom is 0.442 e. The van der Waals surface area contributed by atoms with E-state index in [-0.39, 0.29) is 17.0 Å². The molecule has 1 heterocycles. The van der Waals surface area contributed by atoms with Crippen molar-refractivity contribution in [3.8, 4) is 11.4 Å². The lowest BCUT2D eigenvalue weighted by atomic mass is 9.96. The lowest BCUT2D eigenvalue weighted by Gasteiger charge is -2.14. The Morgan fingerprint density at radius 1 is 1.35 bits per heavy atom. The van der Waals surface area contributed by atoms with Crippen molar-refractivity contribution in [1.82, 2.24) is 9.78 Å². The molecule has 0 atom stereocenters. The maximum absolute atomic E-state index is 12.1. The normalized spacial score (nSPS) is 11.8. The van der Waals surface area contributed by atoms with Crippen LogP contribution in [0.1, 0.15) is 33.6 Å². The summed E-state index contributed by atoms with van der Waals surface area (Å²) in [6, 6.07) is 3.02. The SMILES string of the molecule is CC(C)Oc1cc(-n2nc(C(C)(C)C=N)oc2=O)c(Cl)cc1Cl. The highest BCUT2D eigenvalue weighted by Gasteiger charge is 2.27. The lowest BCUT2D eigenvalue weighted by molar-refractivity contribution is 0.242. The first-order valence-corrected chi connectivity index (χ1v) is 7.69. The van der Waals surface area contributed by atoms with Crippen molar-refractivity contribution in [2.24, 2.45) is 0 Å². The molecule has 8 heteroatoms. The van der Waals surface area contributed by atoms with E-state index in [0.717, 1.165) is 10.9 Å². The number of halogens is 2. The zero-order valence-corrected chi connectivity index (χ0v) is 14.7. The van der Waals surface area contributed by atoms with Gasteiger partial charge in [0.15, 0.2) is 0 Å². The Hall–Kier alpha value is -1.79. The van der Waals surface area contributed by atoms with Gasteiger partial charge < -0.3 is 14.6 Å². The minimum atomic E-state index is -0.805. The summed E-state index contributed by atoms with van der Waals surface area (Å²) in [7, 11) is 0. The number of nitrogens with one attached hydrogen (secondary N) is 1. The molecular formula is C15H17Cl2N3O3. The predicted octanol–water partition coefficient (Wildman–Crippen LogP) is 3.85. The van der Waals surface area contributed by atoms with Gasteiger partial charge in [-0.3, -0.25) is 0 Å². The third-order valence-corrected chi connectivity index (χ3v) is 3.65. The predicted molar refractivity (Wildman–Crippen MR) is 89.7 cm³/mol. The molecule has 1 aromatic heterocycles. The van der Waals surface area contributed by atoms with Crippen molar-refractivity contribution in [2.75, 3.05) is 0 Å². The van der Waals surface area contributed by atoms with E-state index in [0.29, 0.717) is 16.5 Å². The second-order valence-electron chi connectivity index (χ2n) is 5.85. The van der Waals surface area contributed by atoms with E-state index in [1.54, 1.807) is 13.8 Å². The number of nitrogens with zero attached hydrogens (tertiary/aromatic N) is 2. The Kier molecular flexibility index (Phi) is 4.87. The number of rotatable bonds is 5. The fourth-order valence-electron chi connectivity index (χ4n) is 1.78. The van der Waals surface area contributed by atoms with Gasteiger partial charge in [0.25, 0.3) is 0 Å². The summed E-state index contributed by atoms with van der Waals surface area (Å²) in [4.78, 5) is 12.1. The Morgan fingerprint density at radius 2 is 2.00 bits per heavy atom. The van der Waals surface area contributed by atoms with Crippen LogP contribution < -0.4 is 10.5 Å². The molecule has 0 amide bonds. The van der Waals surface area contributed by atoms with Gasteiger partial charge >= 0.3 is 5.76 Å². The van der Waals surface area contributed by atoms with E-state index in [4.69, 9.17) is 37.8 Å². The Labute approximate surface area is 143 Å². The van der Waals surface area contributed by atoms with Crippen LogP contribution in [0.25, 0.3) is 5.69 Å². The average molecular weight is 358 g/mol. The number of hydrogen-bond donors (Lipinski definition) is 1. The summed E-state index contributed by atoms with van der Waals surface area (Å²) in [6.45, 7) is 7.15. The van der Waals surface area contributed by atoms with Gasteiger partial charge in [0.1, 0.15) is 5.75 Å². The molecule has 2 aromatic rings. The van der Waals surface area contributed by atoms with Crippen molar-refractivity contribution < 1.29 is 9.15 Å². The smallest absolute Gasteiger partial charge is 0.442 e. The van der Waals surface area contributed by atoms with Crippen LogP contribution in [0.3, 0.4) is 0 Å². The van der Waals surface area contributed by atoms with Crippen molar-refractivity contribution in [3.05, 3.63) is 38.6 Å². The van der Waals surface area contributed by atoms with Crippen LogP contribution in [-0.4, -0.2) is 22.1 Å². The zero-order chi connectivity index (χ0) is 17.4. The molecule has 0 saturated heterocycles. The summed E-state index contributed by atoms with van der Waals surface area (Å²) in [5.74, 6) is -0.187. The minimum Gasteiger partial charge on any atom is -0.489 e. The van der Waals surface area contributed by atoms with Gasteiger partial charge in [0.05, 0.1) is 27.3 Å². The van der Waals surface area contributed by atoms with E-state index in [1.807, 2.05) is 13.8 Å². The van der Waals surface area contributed by atoms with Crippen LogP contribution in [0.2, 0.25) is 10.0 Å². The summed E-state index contributed by atoms with van der Waals surface area (Å²) < 4.78 is 11.8. The molecule has 1 aromatic carbocycles. The second kappa shape index (κ2) is 6.37. The summed E-state index contributed by atoms with van der Waals surface area (Å²) >= 11 is 12.3. The molecule has 2 rings (SSSR count). The molecule has 0 fully saturated rings. The zero-order valence-electron chi connectivity index (χ0n) is 13.2. The lowest BCUT2D eigenvalue weighted by Crippen LogP contribution is -2.19. The van der Waals surface area contributed by atoms with E-state index in [1.165, 1.54) is 12.1 Å². The maximum atomic E-state index is 12.1. The van der Waals surface area contributed by atoms with Gasteiger partial charge in [0, 0.05) is 12.3 Å². The molecule has 0 aliphatic carbocycles. The quantitative estimate of drug-likeness (QED) is 0.824. The van der Waals surface area contributed by atoms with Crippen LogP contribution in [-0.2, 0) is 5.41 Å². The largest absolute Gasteiger partial charge is 0.489 e. The first kappa shape index (κ1) is 17.6. The number of benzene rings is 1. The molecule has 0 bridgehead atoms. The highest BCUT2D eigenvalue weighted by molar-refractivity contribution is 6.36. The molecule has 0 aliphatic rings.